The summed E-state index contributed by atoms with van der Waals surface area (Å²) in [6, 6.07) is 1.11. The highest BCUT2D eigenvalue weighted by Gasteiger charge is 2.31. The first-order chi connectivity index (χ1) is 6.25. The van der Waals surface area contributed by atoms with Crippen LogP contribution in [0.15, 0.2) is 0 Å². The van der Waals surface area contributed by atoms with E-state index >= 15 is 0 Å². The van der Waals surface area contributed by atoms with Crippen molar-refractivity contribution in [2.45, 2.75) is 63.6 Å². The van der Waals surface area contributed by atoms with E-state index in [9.17, 15) is 5.11 Å². The summed E-state index contributed by atoms with van der Waals surface area (Å²) in [4.78, 5) is 0. The molecule has 2 rings (SSSR count). The van der Waals surface area contributed by atoms with Crippen LogP contribution < -0.4 is 5.32 Å². The van der Waals surface area contributed by atoms with Crippen molar-refractivity contribution in [1.29, 1.82) is 0 Å². The molecule has 2 fully saturated rings. The summed E-state index contributed by atoms with van der Waals surface area (Å²) in [6.45, 7) is 2.34. The highest BCUT2D eigenvalue weighted by atomic mass is 16.3. The Hall–Kier alpha value is -0.0800. The van der Waals surface area contributed by atoms with Crippen LogP contribution >= 0.6 is 0 Å². The molecule has 0 aromatic rings. The number of aliphatic hydroxyl groups is 1. The van der Waals surface area contributed by atoms with Gasteiger partial charge in [0.15, 0.2) is 0 Å². The fourth-order valence-electron chi connectivity index (χ4n) is 2.41. The first-order valence-electron chi connectivity index (χ1n) is 5.70. The third-order valence-electron chi connectivity index (χ3n) is 3.70. The zero-order chi connectivity index (χ0) is 9.26. The van der Waals surface area contributed by atoms with Gasteiger partial charge in [-0.25, -0.2) is 0 Å². The van der Waals surface area contributed by atoms with Crippen LogP contribution in [0.3, 0.4) is 0 Å². The molecule has 0 saturated heterocycles. The Morgan fingerprint density at radius 3 is 2.15 bits per heavy atom. The van der Waals surface area contributed by atoms with E-state index in [4.69, 9.17) is 0 Å². The Kier molecular flexibility index (Phi) is 2.89. The Morgan fingerprint density at radius 1 is 1.00 bits per heavy atom. The average molecular weight is 183 g/mol. The van der Waals surface area contributed by atoms with E-state index in [2.05, 4.69) is 12.2 Å². The third kappa shape index (κ3) is 2.23. The number of aliphatic hydroxyl groups excluding tert-OH is 1. The second kappa shape index (κ2) is 3.97. The molecule has 2 N–H and O–H groups in total. The van der Waals surface area contributed by atoms with Crippen molar-refractivity contribution in [1.82, 2.24) is 5.32 Å². The highest BCUT2D eigenvalue weighted by molar-refractivity contribution is 4.89. The normalized spacial score (nSPS) is 45.7. The van der Waals surface area contributed by atoms with Gasteiger partial charge in [-0.15, -0.1) is 0 Å². The Labute approximate surface area is 80.7 Å². The van der Waals surface area contributed by atoms with Crippen molar-refractivity contribution in [3.05, 3.63) is 0 Å². The van der Waals surface area contributed by atoms with Crippen molar-refractivity contribution in [2.24, 2.45) is 5.92 Å². The summed E-state index contributed by atoms with van der Waals surface area (Å²) in [7, 11) is 0. The third-order valence-corrected chi connectivity index (χ3v) is 3.70. The molecule has 2 saturated carbocycles. The lowest BCUT2D eigenvalue weighted by atomic mass is 9.84. The van der Waals surface area contributed by atoms with E-state index in [1.54, 1.807) is 0 Å². The van der Waals surface area contributed by atoms with Gasteiger partial charge in [0.2, 0.25) is 0 Å². The summed E-state index contributed by atoms with van der Waals surface area (Å²) >= 11 is 0. The van der Waals surface area contributed by atoms with E-state index in [0.717, 1.165) is 12.3 Å². The maximum atomic E-state index is 9.43. The predicted molar refractivity (Wildman–Crippen MR) is 53.6 cm³/mol. The van der Waals surface area contributed by atoms with Gasteiger partial charge in [-0.1, -0.05) is 6.92 Å². The molecule has 0 amide bonds. The molecule has 0 bridgehead atoms. The molecule has 2 atom stereocenters. The fourth-order valence-corrected chi connectivity index (χ4v) is 2.41. The first-order valence-corrected chi connectivity index (χ1v) is 5.70. The summed E-state index contributed by atoms with van der Waals surface area (Å²) in [6.07, 6.45) is 7.46. The minimum atomic E-state index is -0.0562. The van der Waals surface area contributed by atoms with Crippen molar-refractivity contribution in [3.8, 4) is 0 Å². The van der Waals surface area contributed by atoms with E-state index in [1.807, 2.05) is 0 Å². The molecule has 76 valence electrons. The maximum absolute atomic E-state index is 9.43. The zero-order valence-electron chi connectivity index (χ0n) is 8.50. The van der Waals surface area contributed by atoms with Crippen molar-refractivity contribution >= 4 is 0 Å². The van der Waals surface area contributed by atoms with Crippen LogP contribution in [0.4, 0.5) is 0 Å². The van der Waals surface area contributed by atoms with Crippen LogP contribution in [0.25, 0.3) is 0 Å². The second-order valence-electron chi connectivity index (χ2n) is 4.87. The van der Waals surface area contributed by atoms with E-state index in [-0.39, 0.29) is 6.10 Å². The maximum Gasteiger partial charge on any atom is 0.0693 e. The topological polar surface area (TPSA) is 32.3 Å². The minimum absolute atomic E-state index is 0.0562. The molecular formula is C11H21NO. The molecule has 2 aliphatic rings. The second-order valence-corrected chi connectivity index (χ2v) is 4.87. The van der Waals surface area contributed by atoms with Crippen LogP contribution in [-0.2, 0) is 0 Å². The van der Waals surface area contributed by atoms with Crippen LogP contribution in [0.5, 0.6) is 0 Å². The monoisotopic (exact) mass is 183 g/mol. The van der Waals surface area contributed by atoms with Gasteiger partial charge in [-0.2, -0.15) is 0 Å². The minimum Gasteiger partial charge on any atom is -0.392 e. The van der Waals surface area contributed by atoms with Gasteiger partial charge in [0.05, 0.1) is 6.10 Å². The van der Waals surface area contributed by atoms with Crippen molar-refractivity contribution < 1.29 is 5.11 Å². The molecule has 0 unspecified atom stereocenters. The van der Waals surface area contributed by atoms with E-state index in [1.165, 1.54) is 32.1 Å². The molecule has 2 nitrogen and oxygen atoms in total. The Bertz CT molecular complexity index is 163. The van der Waals surface area contributed by atoms with Crippen molar-refractivity contribution in [2.75, 3.05) is 0 Å². The van der Waals surface area contributed by atoms with Gasteiger partial charge in [-0.3, -0.25) is 0 Å². The van der Waals surface area contributed by atoms with E-state index in [0.29, 0.717) is 12.1 Å². The molecule has 2 aliphatic carbocycles. The average Bonchev–Trinajstić information content (AvgIpc) is 2.15. The fraction of sp³-hybridized carbons (Fsp3) is 1.00. The summed E-state index contributed by atoms with van der Waals surface area (Å²) in [5.41, 5.74) is 0. The van der Waals surface area contributed by atoms with Gasteiger partial charge >= 0.3 is 0 Å². The smallest absolute Gasteiger partial charge is 0.0693 e. The summed E-state index contributed by atoms with van der Waals surface area (Å²) in [5, 5.41) is 13.0. The largest absolute Gasteiger partial charge is 0.392 e. The van der Waals surface area contributed by atoms with Crippen molar-refractivity contribution in [3.63, 3.8) is 0 Å². The summed E-state index contributed by atoms with van der Waals surface area (Å²) in [5.74, 6) is 0.921. The quantitative estimate of drug-likeness (QED) is 0.682. The molecule has 0 radical (unpaired) electrons. The standard InChI is InChI=1S/C11H21NO/c1-8-2-4-9(5-3-8)12-10-6-7-11(10)13/h8-13H,2-7H2,1H3/t8?,9?,10-,11-/m0/s1. The number of nitrogens with one attached hydrogen (secondary N) is 1. The number of hydrogen-bond donors (Lipinski definition) is 2. The Balaban J connectivity index is 1.70. The molecular weight excluding hydrogens is 162 g/mol. The van der Waals surface area contributed by atoms with Crippen LogP contribution in [0, 0.1) is 5.92 Å². The van der Waals surface area contributed by atoms with Gasteiger partial charge < -0.3 is 10.4 Å². The van der Waals surface area contributed by atoms with Gasteiger partial charge in [0.1, 0.15) is 0 Å². The van der Waals surface area contributed by atoms with Gasteiger partial charge in [0.25, 0.3) is 0 Å². The number of hydrogen-bond acceptors (Lipinski definition) is 2. The lowest BCUT2D eigenvalue weighted by molar-refractivity contribution is 0.0400. The first kappa shape index (κ1) is 9.47. The summed E-state index contributed by atoms with van der Waals surface area (Å²) < 4.78 is 0. The van der Waals surface area contributed by atoms with Gasteiger partial charge in [0, 0.05) is 12.1 Å². The molecule has 0 spiro atoms. The molecule has 0 heterocycles. The van der Waals surface area contributed by atoms with Crippen LogP contribution in [-0.4, -0.2) is 23.3 Å². The molecule has 2 heteroatoms. The number of rotatable bonds is 2. The van der Waals surface area contributed by atoms with Gasteiger partial charge in [-0.05, 0) is 44.4 Å². The molecule has 0 aromatic carbocycles. The predicted octanol–water partition coefficient (Wildman–Crippen LogP) is 1.68. The lowest BCUT2D eigenvalue weighted by Gasteiger charge is -2.38. The van der Waals surface area contributed by atoms with E-state index < -0.39 is 0 Å². The molecule has 0 aromatic heterocycles. The van der Waals surface area contributed by atoms with Crippen LogP contribution in [0.1, 0.15) is 45.4 Å². The highest BCUT2D eigenvalue weighted by Crippen LogP contribution is 2.26. The lowest BCUT2D eigenvalue weighted by Crippen LogP contribution is -2.52. The zero-order valence-corrected chi connectivity index (χ0v) is 8.50. The SMILES string of the molecule is CC1CCC(N[C@H]2CC[C@@H]2O)CC1. The Morgan fingerprint density at radius 2 is 1.69 bits per heavy atom. The molecule has 0 aliphatic heterocycles. The molecule has 13 heavy (non-hydrogen) atoms. The van der Waals surface area contributed by atoms with Crippen LogP contribution in [0.2, 0.25) is 0 Å².